The first-order valence-corrected chi connectivity index (χ1v) is 1.95. The van der Waals surface area contributed by atoms with Crippen LogP contribution in [0.2, 0.25) is 0 Å². The molecular weight excluding hydrogens is 236 g/mol. The van der Waals surface area contributed by atoms with Crippen LogP contribution >= 0.6 is 0 Å². The molecule has 0 unspecified atom stereocenters. The topological polar surface area (TPSA) is 57.5 Å². The molecule has 0 aliphatic carbocycles. The van der Waals surface area contributed by atoms with Gasteiger partial charge in [-0.05, 0) is 0 Å². The second-order valence-corrected chi connectivity index (χ2v) is 0.848. The molecule has 0 aromatic heterocycles. The van der Waals surface area contributed by atoms with E-state index in [-0.39, 0.29) is 78.4 Å². The summed E-state index contributed by atoms with van der Waals surface area (Å²) >= 11 is 0. The van der Waals surface area contributed by atoms with Crippen molar-refractivity contribution in [1.29, 1.82) is 0 Å². The monoisotopic (exact) mass is 242 g/mol. The fraction of sp³-hybridized carbons (Fsp3) is 0. The summed E-state index contributed by atoms with van der Waals surface area (Å²) in [5, 5.41) is 0. The van der Waals surface area contributed by atoms with E-state index >= 15 is 0 Å². The molecule has 0 aromatic rings. The van der Waals surface area contributed by atoms with Crippen molar-refractivity contribution >= 4 is 87.6 Å². The molecule has 30 valence electrons. The molecule has 0 fully saturated rings. The summed E-state index contributed by atoms with van der Waals surface area (Å²) in [6.45, 7) is 0. The van der Waals surface area contributed by atoms with E-state index in [1.807, 2.05) is 0 Å². The zero-order valence-corrected chi connectivity index (χ0v) is 2.80. The predicted octanol–water partition coefficient (Wildman–Crippen LogP) is -3.18. The maximum atomic E-state index is 8.74. The van der Waals surface area contributed by atoms with E-state index in [1.54, 1.807) is 0 Å². The molecule has 0 heterocycles. The molecule has 0 aliphatic rings. The van der Waals surface area contributed by atoms with E-state index in [0.29, 0.717) is 0 Å². The molecule has 0 radical (unpaired) electrons. The average molecular weight is 241 g/mol. The Balaban J connectivity index is -0.0000000450. The van der Waals surface area contributed by atoms with E-state index < -0.39 is 9.17 Å². The van der Waals surface area contributed by atoms with Gasteiger partial charge in [-0.3, -0.25) is 4.46 Å². The van der Waals surface area contributed by atoms with Crippen molar-refractivity contribution in [2.24, 2.45) is 0 Å². The van der Waals surface area contributed by atoms with Crippen molar-refractivity contribution in [3.05, 3.63) is 0 Å². The molecule has 0 aliphatic heterocycles. The van der Waals surface area contributed by atoms with Crippen molar-refractivity contribution in [2.45, 2.75) is 0 Å². The van der Waals surface area contributed by atoms with E-state index in [1.165, 1.54) is 0 Å². The second-order valence-electron chi connectivity index (χ2n) is 0.283. The van der Waals surface area contributed by atoms with Crippen molar-refractivity contribution in [3.63, 3.8) is 0 Å². The number of hydrogen-bond donors (Lipinski definition) is 2. The molecule has 6 heavy (non-hydrogen) atoms. The van der Waals surface area contributed by atoms with Crippen LogP contribution in [0.15, 0.2) is 0 Å². The van der Waals surface area contributed by atoms with E-state index in [2.05, 4.69) is 0 Å². The molecule has 2 N–H and O–H groups in total. The fourth-order valence-electron chi connectivity index (χ4n) is 0. The predicted molar refractivity (Wildman–Crippen MR) is 26.6 cm³/mol. The maximum absolute atomic E-state index is 8.74. The van der Waals surface area contributed by atoms with Crippen molar-refractivity contribution in [3.8, 4) is 0 Å². The first-order chi connectivity index (χ1) is 1.73. The number of rotatable bonds is 0. The molecule has 0 aromatic carbocycles. The Morgan fingerprint density at radius 3 is 1.33 bits per heavy atom. The minimum absolute atomic E-state index is 0. The Hall–Kier alpha value is 2.19. The number of hydrogen-bond acceptors (Lipinski definition) is 1. The zero-order valence-electron chi connectivity index (χ0n) is 1.80. The molecule has 0 saturated heterocycles. The first-order valence-electron chi connectivity index (χ1n) is 0.651. The summed E-state index contributed by atoms with van der Waals surface area (Å²) in [6, 6.07) is 0. The Labute approximate surface area is 99.4 Å². The first kappa shape index (κ1) is 15.7. The summed E-state index contributed by atoms with van der Waals surface area (Å²) in [4.78, 5) is 14.3. The van der Waals surface area contributed by atoms with Gasteiger partial charge in [-0.2, -0.15) is 0 Å². The normalized spacial score (nSPS) is 4.00. The van der Waals surface area contributed by atoms with Crippen LogP contribution in [0.5, 0.6) is 0 Å². The molecule has 0 amide bonds. The molecule has 3 nitrogen and oxygen atoms in total. The van der Waals surface area contributed by atoms with Crippen LogP contribution in [-0.2, 0) is 4.46 Å². The molecule has 6 heteroatoms. The third kappa shape index (κ3) is 34.8. The fourth-order valence-corrected chi connectivity index (χ4v) is 0. The quantitative estimate of drug-likeness (QED) is 0.440. The van der Waals surface area contributed by atoms with Crippen molar-refractivity contribution in [1.82, 2.24) is 0 Å². The molecule has 0 bridgehead atoms. The molecular formula is H5BaNaO3Si. The summed E-state index contributed by atoms with van der Waals surface area (Å²) in [5.41, 5.74) is 0. The Bertz CT molecular complexity index is 33.8. The van der Waals surface area contributed by atoms with Crippen LogP contribution in [0.4, 0.5) is 0 Å². The van der Waals surface area contributed by atoms with Gasteiger partial charge in [0, 0.05) is 0 Å². The average Bonchev–Trinajstić information content (AvgIpc) is 0.811. The third-order valence-corrected chi connectivity index (χ3v) is 0. The van der Waals surface area contributed by atoms with Crippen LogP contribution in [0.1, 0.15) is 0 Å². The van der Waals surface area contributed by atoms with Crippen LogP contribution in [0.3, 0.4) is 0 Å². The van der Waals surface area contributed by atoms with E-state index in [0.717, 1.165) is 0 Å². The minimum atomic E-state index is -3.13. The van der Waals surface area contributed by atoms with Crippen LogP contribution in [-0.4, -0.2) is 97.2 Å². The standard InChI is InChI=1S/Ba.Na.H2O3Si.3H/c;;1-4(2)3;;;/h;;1-2H;;;. The summed E-state index contributed by atoms with van der Waals surface area (Å²) in [6.07, 6.45) is 0. The molecule has 0 rings (SSSR count). The second kappa shape index (κ2) is 10.2. The Morgan fingerprint density at radius 2 is 1.33 bits per heavy atom. The third-order valence-electron chi connectivity index (χ3n) is 0. The van der Waals surface area contributed by atoms with Gasteiger partial charge in [0.1, 0.15) is 0 Å². The van der Waals surface area contributed by atoms with Gasteiger partial charge in [-0.25, -0.2) is 0 Å². The zero-order chi connectivity index (χ0) is 3.58. The van der Waals surface area contributed by atoms with Gasteiger partial charge in [0.15, 0.2) is 0 Å². The SMILES string of the molecule is O=[Si](O)O.[BaH2].[NaH]. The van der Waals surface area contributed by atoms with Gasteiger partial charge in [0.25, 0.3) is 0 Å². The van der Waals surface area contributed by atoms with Gasteiger partial charge >= 0.3 is 87.6 Å². The van der Waals surface area contributed by atoms with E-state index in [9.17, 15) is 0 Å². The summed E-state index contributed by atoms with van der Waals surface area (Å²) in [7, 11) is -3.13. The van der Waals surface area contributed by atoms with Crippen LogP contribution < -0.4 is 0 Å². The van der Waals surface area contributed by atoms with Crippen LogP contribution in [0, 0.1) is 0 Å². The molecule has 0 spiro atoms. The van der Waals surface area contributed by atoms with Gasteiger partial charge in [-0.15, -0.1) is 0 Å². The van der Waals surface area contributed by atoms with Crippen molar-refractivity contribution in [2.75, 3.05) is 0 Å². The van der Waals surface area contributed by atoms with Gasteiger partial charge in [0.05, 0.1) is 0 Å². The Kier molecular flexibility index (Phi) is 26.8. The van der Waals surface area contributed by atoms with Gasteiger partial charge < -0.3 is 9.59 Å². The van der Waals surface area contributed by atoms with Crippen molar-refractivity contribution < 1.29 is 14.1 Å². The van der Waals surface area contributed by atoms with Crippen LogP contribution in [0.25, 0.3) is 0 Å². The Morgan fingerprint density at radius 1 is 1.33 bits per heavy atom. The summed E-state index contributed by atoms with van der Waals surface area (Å²) in [5.74, 6) is 0. The molecule has 0 saturated carbocycles. The summed E-state index contributed by atoms with van der Waals surface area (Å²) < 4.78 is 8.74. The molecule has 0 atom stereocenters. The van der Waals surface area contributed by atoms with Gasteiger partial charge in [-0.1, -0.05) is 0 Å². The van der Waals surface area contributed by atoms with E-state index in [4.69, 9.17) is 14.1 Å². The van der Waals surface area contributed by atoms with Gasteiger partial charge in [0.2, 0.25) is 0 Å².